The Bertz CT molecular complexity index is 707. The van der Waals surface area contributed by atoms with E-state index in [1.807, 2.05) is 4.98 Å². The second-order valence-corrected chi connectivity index (χ2v) is 3.50. The van der Waals surface area contributed by atoms with E-state index in [1.54, 1.807) is 0 Å². The van der Waals surface area contributed by atoms with Crippen LogP contribution < -0.4 is 16.9 Å². The van der Waals surface area contributed by atoms with Crippen LogP contribution in [0.3, 0.4) is 0 Å². The largest absolute Gasteiger partial charge is 0.405 e. The van der Waals surface area contributed by atoms with Crippen LogP contribution in [0.25, 0.3) is 11.1 Å². The van der Waals surface area contributed by atoms with E-state index in [9.17, 15) is 18.8 Å². The van der Waals surface area contributed by atoms with Crippen molar-refractivity contribution in [3.63, 3.8) is 0 Å². The third kappa shape index (κ3) is 2.17. The second-order valence-electron chi connectivity index (χ2n) is 3.50. The Morgan fingerprint density at radius 1 is 1.24 bits per heavy atom. The Labute approximate surface area is 93.1 Å². The minimum atomic E-state index is -0.756. The molecular formula is C10H9FN2O4. The maximum atomic E-state index is 12.1. The lowest BCUT2D eigenvalue weighted by atomic mass is 10.1. The summed E-state index contributed by atoms with van der Waals surface area (Å²) >= 11 is 0. The number of hydrogen-bond donors (Lipinski definition) is 2. The molecule has 0 bridgehead atoms. The predicted octanol–water partition coefficient (Wildman–Crippen LogP) is 0.0717. The maximum absolute atomic E-state index is 12.1. The third-order valence-electron chi connectivity index (χ3n) is 2.30. The zero-order chi connectivity index (χ0) is 12.4. The van der Waals surface area contributed by atoms with Gasteiger partial charge in [0.15, 0.2) is 0 Å². The van der Waals surface area contributed by atoms with Crippen molar-refractivity contribution in [2.24, 2.45) is 0 Å². The van der Waals surface area contributed by atoms with E-state index in [4.69, 9.17) is 4.42 Å². The monoisotopic (exact) mass is 240 g/mol. The summed E-state index contributed by atoms with van der Waals surface area (Å²) in [5, 5.41) is 0.0812. The van der Waals surface area contributed by atoms with Crippen molar-refractivity contribution in [2.45, 2.75) is 12.8 Å². The van der Waals surface area contributed by atoms with Crippen LogP contribution in [0.1, 0.15) is 12.0 Å². The van der Waals surface area contributed by atoms with Gasteiger partial charge in [-0.15, -0.1) is 0 Å². The maximum Gasteiger partial charge on any atom is 0.337 e. The van der Waals surface area contributed by atoms with Crippen LogP contribution in [0.5, 0.6) is 0 Å². The number of halogens is 1. The minimum Gasteiger partial charge on any atom is -0.405 e. The summed E-state index contributed by atoms with van der Waals surface area (Å²) in [4.78, 5) is 38.0. The van der Waals surface area contributed by atoms with Gasteiger partial charge < -0.3 is 4.42 Å². The van der Waals surface area contributed by atoms with Gasteiger partial charge in [-0.1, -0.05) is 0 Å². The van der Waals surface area contributed by atoms with Crippen molar-refractivity contribution >= 4 is 11.1 Å². The molecule has 0 aromatic carbocycles. The highest BCUT2D eigenvalue weighted by Crippen LogP contribution is 2.10. The number of aromatic nitrogens is 2. The molecule has 0 radical (unpaired) electrons. The number of hydrogen-bond acceptors (Lipinski definition) is 4. The lowest BCUT2D eigenvalue weighted by Gasteiger charge is -2.01. The molecule has 0 saturated heterocycles. The van der Waals surface area contributed by atoms with Crippen molar-refractivity contribution in [1.82, 2.24) is 9.97 Å². The average molecular weight is 240 g/mol. The van der Waals surface area contributed by atoms with Crippen LogP contribution in [0.4, 0.5) is 4.39 Å². The fourth-order valence-corrected chi connectivity index (χ4v) is 1.63. The van der Waals surface area contributed by atoms with Gasteiger partial charge in [0.2, 0.25) is 5.71 Å². The van der Waals surface area contributed by atoms with Gasteiger partial charge in [0.25, 0.3) is 5.56 Å². The molecule has 17 heavy (non-hydrogen) atoms. The fourth-order valence-electron chi connectivity index (χ4n) is 1.63. The molecule has 0 aliphatic rings. The van der Waals surface area contributed by atoms with E-state index >= 15 is 0 Å². The Morgan fingerprint density at radius 2 is 2.00 bits per heavy atom. The molecule has 0 fully saturated rings. The van der Waals surface area contributed by atoms with Gasteiger partial charge in [-0.3, -0.25) is 19.2 Å². The standard InChI is InChI=1S/C10H9FN2O4/c11-3-1-2-5-4-6(14)17-9-7(5)8(15)12-10(16)13-9/h4H,1-3H2,(H2,12,13,15,16). The molecule has 0 unspecified atom stereocenters. The Balaban J connectivity index is 2.78. The molecule has 0 spiro atoms. The molecule has 2 aromatic heterocycles. The highest BCUT2D eigenvalue weighted by atomic mass is 19.1. The highest BCUT2D eigenvalue weighted by Gasteiger charge is 2.10. The molecule has 0 amide bonds. The lowest BCUT2D eigenvalue weighted by Crippen LogP contribution is -2.24. The summed E-state index contributed by atoms with van der Waals surface area (Å²) in [5.41, 5.74) is -1.91. The molecule has 90 valence electrons. The first-order valence-electron chi connectivity index (χ1n) is 4.97. The van der Waals surface area contributed by atoms with Gasteiger partial charge in [-0.25, -0.2) is 9.59 Å². The van der Waals surface area contributed by atoms with E-state index in [-0.39, 0.29) is 23.9 Å². The van der Waals surface area contributed by atoms with Crippen LogP contribution >= 0.6 is 0 Å². The summed E-state index contributed by atoms with van der Waals surface area (Å²) < 4.78 is 16.8. The highest BCUT2D eigenvalue weighted by molar-refractivity contribution is 5.75. The van der Waals surface area contributed by atoms with Gasteiger partial charge >= 0.3 is 11.3 Å². The van der Waals surface area contributed by atoms with Crippen LogP contribution in [0.15, 0.2) is 24.9 Å². The molecule has 6 nitrogen and oxygen atoms in total. The molecule has 0 atom stereocenters. The molecule has 0 aliphatic carbocycles. The number of aryl methyl sites for hydroxylation is 1. The molecule has 0 saturated carbocycles. The molecule has 2 aromatic rings. The number of rotatable bonds is 3. The number of alkyl halides is 1. The van der Waals surface area contributed by atoms with Gasteiger partial charge in [0.1, 0.15) is 5.39 Å². The Morgan fingerprint density at radius 3 is 2.71 bits per heavy atom. The van der Waals surface area contributed by atoms with E-state index in [0.29, 0.717) is 5.56 Å². The summed E-state index contributed by atoms with van der Waals surface area (Å²) in [6.07, 6.45) is 0.421. The molecule has 2 heterocycles. The first kappa shape index (κ1) is 11.3. The van der Waals surface area contributed by atoms with Gasteiger partial charge in [0, 0.05) is 6.07 Å². The Kier molecular flexibility index (Phi) is 2.90. The summed E-state index contributed by atoms with van der Waals surface area (Å²) in [6, 6.07) is 1.13. The predicted molar refractivity (Wildman–Crippen MR) is 58.0 cm³/mol. The van der Waals surface area contributed by atoms with Crippen LogP contribution in [0, 0.1) is 0 Å². The molecular weight excluding hydrogens is 231 g/mol. The Hall–Kier alpha value is -2.18. The number of nitrogens with one attached hydrogen (secondary N) is 2. The van der Waals surface area contributed by atoms with Gasteiger partial charge in [-0.05, 0) is 18.4 Å². The van der Waals surface area contributed by atoms with Crippen molar-refractivity contribution in [2.75, 3.05) is 6.67 Å². The SMILES string of the molecule is O=c1[nH]c(=O)c2c(CCCF)cc(=O)oc2[nH]1. The van der Waals surface area contributed by atoms with Crippen molar-refractivity contribution in [1.29, 1.82) is 0 Å². The quantitative estimate of drug-likeness (QED) is 0.793. The van der Waals surface area contributed by atoms with Gasteiger partial charge in [0.05, 0.1) is 6.67 Å². The zero-order valence-electron chi connectivity index (χ0n) is 8.71. The molecule has 2 N–H and O–H groups in total. The fraction of sp³-hybridized carbons (Fsp3) is 0.300. The van der Waals surface area contributed by atoms with Crippen molar-refractivity contribution in [3.8, 4) is 0 Å². The molecule has 7 heteroatoms. The number of aromatic amines is 2. The number of fused-ring (bicyclic) bond motifs is 1. The van der Waals surface area contributed by atoms with Crippen molar-refractivity contribution in [3.05, 3.63) is 42.9 Å². The summed E-state index contributed by atoms with van der Waals surface area (Å²) in [6.45, 7) is -0.553. The van der Waals surface area contributed by atoms with E-state index in [2.05, 4.69) is 4.98 Å². The normalized spacial score (nSPS) is 10.9. The minimum absolute atomic E-state index is 0.0812. The molecule has 0 aliphatic heterocycles. The summed E-state index contributed by atoms with van der Waals surface area (Å²) in [7, 11) is 0. The van der Waals surface area contributed by atoms with E-state index in [0.717, 1.165) is 6.07 Å². The number of H-pyrrole nitrogens is 2. The average Bonchev–Trinajstić information content (AvgIpc) is 2.24. The molecule has 2 rings (SSSR count). The van der Waals surface area contributed by atoms with Crippen LogP contribution in [-0.2, 0) is 6.42 Å². The lowest BCUT2D eigenvalue weighted by molar-refractivity contribution is 0.472. The topological polar surface area (TPSA) is 95.9 Å². The third-order valence-corrected chi connectivity index (χ3v) is 2.30. The first-order valence-corrected chi connectivity index (χ1v) is 4.97. The van der Waals surface area contributed by atoms with Crippen LogP contribution in [0.2, 0.25) is 0 Å². The van der Waals surface area contributed by atoms with Gasteiger partial charge in [-0.2, -0.15) is 0 Å². The first-order chi connectivity index (χ1) is 8.11. The van der Waals surface area contributed by atoms with Crippen LogP contribution in [-0.4, -0.2) is 16.6 Å². The second kappa shape index (κ2) is 4.36. The zero-order valence-corrected chi connectivity index (χ0v) is 8.71. The van der Waals surface area contributed by atoms with E-state index in [1.165, 1.54) is 0 Å². The smallest absolute Gasteiger partial charge is 0.337 e. The summed E-state index contributed by atoms with van der Waals surface area (Å²) in [5.74, 6) is 0. The van der Waals surface area contributed by atoms with Crippen molar-refractivity contribution < 1.29 is 8.81 Å². The van der Waals surface area contributed by atoms with E-state index < -0.39 is 23.5 Å².